The first-order valence-electron chi connectivity index (χ1n) is 6.67. The highest BCUT2D eigenvalue weighted by atomic mass is 32.2. The van der Waals surface area contributed by atoms with E-state index in [1.165, 1.54) is 16.0 Å². The van der Waals surface area contributed by atoms with Gasteiger partial charge in [-0.2, -0.15) is 0 Å². The molecule has 0 aliphatic rings. The summed E-state index contributed by atoms with van der Waals surface area (Å²) in [6.45, 7) is 1.45. The number of thioether (sulfide) groups is 1. The summed E-state index contributed by atoms with van der Waals surface area (Å²) < 4.78 is 0. The van der Waals surface area contributed by atoms with Gasteiger partial charge in [-0.3, -0.25) is 9.88 Å². The van der Waals surface area contributed by atoms with Gasteiger partial charge < -0.3 is 5.73 Å². The van der Waals surface area contributed by atoms with Crippen molar-refractivity contribution in [3.63, 3.8) is 0 Å². The molecule has 0 fully saturated rings. The van der Waals surface area contributed by atoms with Crippen LogP contribution < -0.4 is 5.73 Å². The molecule has 1 heterocycles. The van der Waals surface area contributed by atoms with Gasteiger partial charge in [0.25, 0.3) is 0 Å². The Kier molecular flexibility index (Phi) is 5.59. The van der Waals surface area contributed by atoms with Crippen molar-refractivity contribution >= 4 is 11.8 Å². The lowest BCUT2D eigenvalue weighted by molar-refractivity contribution is 0.241. The minimum atomic E-state index is 0.228. The summed E-state index contributed by atoms with van der Waals surface area (Å²) >= 11 is 1.75. The first-order valence-corrected chi connectivity index (χ1v) is 7.90. The second-order valence-corrected chi connectivity index (χ2v) is 5.68. The average Bonchev–Trinajstić information content (AvgIpc) is 2.49. The molecule has 0 spiro atoms. The molecule has 0 aliphatic heterocycles. The minimum Gasteiger partial charge on any atom is -0.329 e. The molecular weight excluding hydrogens is 266 g/mol. The summed E-state index contributed by atoms with van der Waals surface area (Å²) in [4.78, 5) is 7.70. The van der Waals surface area contributed by atoms with Crippen LogP contribution in [0.2, 0.25) is 0 Å². The zero-order chi connectivity index (χ0) is 14.4. The number of rotatable bonds is 6. The highest BCUT2D eigenvalue weighted by Crippen LogP contribution is 2.23. The van der Waals surface area contributed by atoms with Crippen molar-refractivity contribution < 1.29 is 0 Å². The van der Waals surface area contributed by atoms with Crippen molar-refractivity contribution in [3.8, 4) is 0 Å². The van der Waals surface area contributed by atoms with Crippen LogP contribution in [0, 0.1) is 0 Å². The number of pyridine rings is 1. The number of hydrogen-bond acceptors (Lipinski definition) is 4. The molecule has 0 amide bonds. The second-order valence-electron chi connectivity index (χ2n) is 4.80. The van der Waals surface area contributed by atoms with Crippen LogP contribution in [-0.2, 0) is 6.54 Å². The van der Waals surface area contributed by atoms with E-state index in [1.807, 2.05) is 12.3 Å². The van der Waals surface area contributed by atoms with Gasteiger partial charge in [0, 0.05) is 36.4 Å². The van der Waals surface area contributed by atoms with Crippen molar-refractivity contribution in [2.24, 2.45) is 5.73 Å². The van der Waals surface area contributed by atoms with Crippen LogP contribution in [0.3, 0.4) is 0 Å². The topological polar surface area (TPSA) is 42.1 Å². The monoisotopic (exact) mass is 287 g/mol. The van der Waals surface area contributed by atoms with Crippen LogP contribution in [0.5, 0.6) is 0 Å². The van der Waals surface area contributed by atoms with Crippen LogP contribution in [-0.4, -0.2) is 29.7 Å². The van der Waals surface area contributed by atoms with E-state index in [2.05, 4.69) is 53.5 Å². The van der Waals surface area contributed by atoms with E-state index in [9.17, 15) is 0 Å². The molecule has 1 atom stereocenters. The zero-order valence-corrected chi connectivity index (χ0v) is 12.8. The van der Waals surface area contributed by atoms with Crippen molar-refractivity contribution in [2.45, 2.75) is 17.5 Å². The number of aromatic nitrogens is 1. The van der Waals surface area contributed by atoms with Gasteiger partial charge in [-0.15, -0.1) is 11.8 Å². The summed E-state index contributed by atoms with van der Waals surface area (Å²) in [6, 6.07) is 12.9. The molecule has 20 heavy (non-hydrogen) atoms. The maximum atomic E-state index is 5.97. The molecule has 3 nitrogen and oxygen atoms in total. The molecule has 0 saturated carbocycles. The van der Waals surface area contributed by atoms with Crippen molar-refractivity contribution in [3.05, 3.63) is 59.9 Å². The quantitative estimate of drug-likeness (QED) is 0.830. The third-order valence-corrected chi connectivity index (χ3v) is 4.15. The van der Waals surface area contributed by atoms with E-state index >= 15 is 0 Å². The molecule has 0 aliphatic carbocycles. The van der Waals surface area contributed by atoms with Crippen molar-refractivity contribution in [2.75, 3.05) is 19.8 Å². The normalized spacial score (nSPS) is 12.6. The Labute approximate surface area is 125 Å². The van der Waals surface area contributed by atoms with E-state index in [0.29, 0.717) is 6.54 Å². The Hall–Kier alpha value is -1.36. The number of nitrogens with zero attached hydrogens (tertiary/aromatic N) is 2. The Morgan fingerprint density at radius 1 is 1.25 bits per heavy atom. The molecule has 2 rings (SSSR count). The fraction of sp³-hybridized carbons (Fsp3) is 0.312. The van der Waals surface area contributed by atoms with Crippen LogP contribution in [0.25, 0.3) is 0 Å². The molecule has 1 aromatic heterocycles. The van der Waals surface area contributed by atoms with Gasteiger partial charge >= 0.3 is 0 Å². The number of benzene rings is 1. The Bertz CT molecular complexity index is 513. The molecule has 1 unspecified atom stereocenters. The molecule has 4 heteroatoms. The third-order valence-electron chi connectivity index (χ3n) is 3.41. The zero-order valence-electron chi connectivity index (χ0n) is 12.0. The standard InChI is InChI=1S/C16H21N3S/c1-19(12-13-4-3-9-18-11-13)16(10-17)14-5-7-15(20-2)8-6-14/h3-9,11,16H,10,12,17H2,1-2H3. The van der Waals surface area contributed by atoms with Crippen LogP contribution in [0.15, 0.2) is 53.7 Å². The summed E-state index contributed by atoms with van der Waals surface area (Å²) in [5.41, 5.74) is 8.43. The van der Waals surface area contributed by atoms with E-state index in [-0.39, 0.29) is 6.04 Å². The lowest BCUT2D eigenvalue weighted by Gasteiger charge is -2.27. The Balaban J connectivity index is 2.10. The largest absolute Gasteiger partial charge is 0.329 e. The van der Waals surface area contributed by atoms with E-state index in [1.54, 1.807) is 18.0 Å². The van der Waals surface area contributed by atoms with Gasteiger partial charge in [0.15, 0.2) is 0 Å². The van der Waals surface area contributed by atoms with Crippen molar-refractivity contribution in [1.82, 2.24) is 9.88 Å². The average molecular weight is 287 g/mol. The fourth-order valence-corrected chi connectivity index (χ4v) is 2.69. The molecule has 2 N–H and O–H groups in total. The SMILES string of the molecule is CSc1ccc(C(CN)N(C)Cc2cccnc2)cc1. The third kappa shape index (κ3) is 3.82. The van der Waals surface area contributed by atoms with E-state index < -0.39 is 0 Å². The van der Waals surface area contributed by atoms with Crippen molar-refractivity contribution in [1.29, 1.82) is 0 Å². The summed E-state index contributed by atoms with van der Waals surface area (Å²) in [5.74, 6) is 0. The van der Waals surface area contributed by atoms with Gasteiger partial charge in [0.05, 0.1) is 0 Å². The highest BCUT2D eigenvalue weighted by Gasteiger charge is 2.15. The summed E-state index contributed by atoms with van der Waals surface area (Å²) in [6.07, 6.45) is 5.79. The van der Waals surface area contributed by atoms with Gasteiger partial charge in [0.1, 0.15) is 0 Å². The molecular formula is C16H21N3S. The summed E-state index contributed by atoms with van der Waals surface area (Å²) in [5, 5.41) is 0. The predicted octanol–water partition coefficient (Wildman–Crippen LogP) is 2.94. The maximum Gasteiger partial charge on any atom is 0.0470 e. The first kappa shape index (κ1) is 15.0. The second kappa shape index (κ2) is 7.43. The number of likely N-dealkylation sites (N-methyl/N-ethyl adjacent to an activating group) is 1. The van der Waals surface area contributed by atoms with Gasteiger partial charge in [0.2, 0.25) is 0 Å². The lowest BCUT2D eigenvalue weighted by atomic mass is 10.1. The Morgan fingerprint density at radius 2 is 2.00 bits per heavy atom. The first-order chi connectivity index (χ1) is 9.74. The van der Waals surface area contributed by atoms with Crippen LogP contribution in [0.1, 0.15) is 17.2 Å². The molecule has 1 aromatic carbocycles. The summed E-state index contributed by atoms with van der Waals surface area (Å²) in [7, 11) is 2.10. The van der Waals surface area contributed by atoms with Gasteiger partial charge in [-0.25, -0.2) is 0 Å². The smallest absolute Gasteiger partial charge is 0.0470 e. The van der Waals surface area contributed by atoms with Gasteiger partial charge in [-0.05, 0) is 42.6 Å². The molecule has 0 radical (unpaired) electrons. The van der Waals surface area contributed by atoms with Gasteiger partial charge in [-0.1, -0.05) is 18.2 Å². The predicted molar refractivity (Wildman–Crippen MR) is 85.7 cm³/mol. The molecule has 106 valence electrons. The van der Waals surface area contributed by atoms with E-state index in [0.717, 1.165) is 6.54 Å². The number of nitrogens with two attached hydrogens (primary N) is 1. The van der Waals surface area contributed by atoms with Crippen LogP contribution >= 0.6 is 11.8 Å². The molecule has 0 saturated heterocycles. The minimum absolute atomic E-state index is 0.228. The lowest BCUT2D eigenvalue weighted by Crippen LogP contribution is -2.30. The molecule has 0 bridgehead atoms. The van der Waals surface area contributed by atoms with Crippen LogP contribution in [0.4, 0.5) is 0 Å². The molecule has 2 aromatic rings. The Morgan fingerprint density at radius 3 is 2.55 bits per heavy atom. The highest BCUT2D eigenvalue weighted by molar-refractivity contribution is 7.98. The number of hydrogen-bond donors (Lipinski definition) is 1. The fourth-order valence-electron chi connectivity index (χ4n) is 2.29. The van der Waals surface area contributed by atoms with E-state index in [4.69, 9.17) is 5.73 Å². The maximum absolute atomic E-state index is 5.97.